The van der Waals surface area contributed by atoms with Crippen LogP contribution in [0.5, 0.6) is 0 Å². The SMILES string of the molecule is CC1CC1NC1CCn2ccnc21. The van der Waals surface area contributed by atoms with Gasteiger partial charge in [0.25, 0.3) is 0 Å². The first-order valence-electron chi connectivity index (χ1n) is 5.11. The Hall–Kier alpha value is -0.830. The second kappa shape index (κ2) is 2.58. The van der Waals surface area contributed by atoms with Crippen LogP contribution < -0.4 is 5.32 Å². The summed E-state index contributed by atoms with van der Waals surface area (Å²) in [4.78, 5) is 4.38. The first kappa shape index (κ1) is 7.56. The van der Waals surface area contributed by atoms with Gasteiger partial charge in [0.2, 0.25) is 0 Å². The normalized spacial score (nSPS) is 36.2. The molecule has 1 aliphatic carbocycles. The number of hydrogen-bond acceptors (Lipinski definition) is 2. The van der Waals surface area contributed by atoms with Crippen molar-refractivity contribution in [3.63, 3.8) is 0 Å². The van der Waals surface area contributed by atoms with E-state index in [0.29, 0.717) is 6.04 Å². The monoisotopic (exact) mass is 177 g/mol. The zero-order valence-electron chi connectivity index (χ0n) is 7.90. The van der Waals surface area contributed by atoms with Gasteiger partial charge in [-0.05, 0) is 18.8 Å². The second-order valence-corrected chi connectivity index (χ2v) is 4.31. The number of aryl methyl sites for hydroxylation is 1. The predicted octanol–water partition coefficient (Wildman–Crippen LogP) is 1.33. The van der Waals surface area contributed by atoms with Crippen LogP contribution in [0.3, 0.4) is 0 Å². The van der Waals surface area contributed by atoms with Gasteiger partial charge in [-0.3, -0.25) is 0 Å². The molecule has 1 fully saturated rings. The maximum Gasteiger partial charge on any atom is 0.125 e. The van der Waals surface area contributed by atoms with Crippen LogP contribution >= 0.6 is 0 Å². The highest BCUT2D eigenvalue weighted by atomic mass is 15.2. The number of aromatic nitrogens is 2. The van der Waals surface area contributed by atoms with E-state index >= 15 is 0 Å². The van der Waals surface area contributed by atoms with Crippen LogP contribution in [0.25, 0.3) is 0 Å². The molecular formula is C10H15N3. The summed E-state index contributed by atoms with van der Waals surface area (Å²) in [5.74, 6) is 2.11. The summed E-state index contributed by atoms with van der Waals surface area (Å²) in [6, 6.07) is 1.28. The summed E-state index contributed by atoms with van der Waals surface area (Å²) in [5.41, 5.74) is 0. The molecule has 1 aliphatic heterocycles. The summed E-state index contributed by atoms with van der Waals surface area (Å²) in [6.45, 7) is 3.44. The predicted molar refractivity (Wildman–Crippen MR) is 50.3 cm³/mol. The lowest BCUT2D eigenvalue weighted by Crippen LogP contribution is -2.23. The summed E-state index contributed by atoms with van der Waals surface area (Å²) in [5, 5.41) is 3.66. The molecule has 0 bridgehead atoms. The fourth-order valence-electron chi connectivity index (χ4n) is 2.19. The van der Waals surface area contributed by atoms with Crippen LogP contribution in [0.15, 0.2) is 12.4 Å². The highest BCUT2D eigenvalue weighted by Crippen LogP contribution is 2.34. The quantitative estimate of drug-likeness (QED) is 0.738. The van der Waals surface area contributed by atoms with E-state index in [1.54, 1.807) is 0 Å². The molecule has 1 aromatic rings. The van der Waals surface area contributed by atoms with Crippen molar-refractivity contribution in [2.45, 2.75) is 38.4 Å². The van der Waals surface area contributed by atoms with Crippen LogP contribution in [-0.2, 0) is 6.54 Å². The van der Waals surface area contributed by atoms with E-state index in [-0.39, 0.29) is 0 Å². The van der Waals surface area contributed by atoms with Gasteiger partial charge in [0.05, 0.1) is 6.04 Å². The fourth-order valence-corrected chi connectivity index (χ4v) is 2.19. The molecule has 2 heterocycles. The van der Waals surface area contributed by atoms with E-state index in [9.17, 15) is 0 Å². The van der Waals surface area contributed by atoms with Crippen molar-refractivity contribution in [1.29, 1.82) is 0 Å². The Morgan fingerprint density at radius 1 is 1.62 bits per heavy atom. The lowest BCUT2D eigenvalue weighted by Gasteiger charge is -2.09. The minimum Gasteiger partial charge on any atom is -0.334 e. The first-order chi connectivity index (χ1) is 6.34. The first-order valence-corrected chi connectivity index (χ1v) is 5.11. The lowest BCUT2D eigenvalue weighted by atomic mass is 10.2. The van der Waals surface area contributed by atoms with Crippen molar-refractivity contribution in [2.24, 2.45) is 5.92 Å². The molecule has 2 aliphatic rings. The van der Waals surface area contributed by atoms with Gasteiger partial charge in [-0.15, -0.1) is 0 Å². The number of nitrogens with one attached hydrogen (secondary N) is 1. The fraction of sp³-hybridized carbons (Fsp3) is 0.700. The molecule has 3 rings (SSSR count). The zero-order chi connectivity index (χ0) is 8.84. The van der Waals surface area contributed by atoms with Crippen molar-refractivity contribution in [3.05, 3.63) is 18.2 Å². The Balaban J connectivity index is 1.73. The molecule has 0 spiro atoms. The molecule has 3 atom stereocenters. The summed E-state index contributed by atoms with van der Waals surface area (Å²) in [6.07, 6.45) is 6.54. The van der Waals surface area contributed by atoms with E-state index in [2.05, 4.69) is 28.0 Å². The van der Waals surface area contributed by atoms with E-state index in [0.717, 1.165) is 18.5 Å². The smallest absolute Gasteiger partial charge is 0.125 e. The maximum atomic E-state index is 4.38. The average molecular weight is 177 g/mol. The van der Waals surface area contributed by atoms with Crippen molar-refractivity contribution in [1.82, 2.24) is 14.9 Å². The van der Waals surface area contributed by atoms with E-state index in [1.165, 1.54) is 18.7 Å². The molecule has 0 aromatic carbocycles. The minimum absolute atomic E-state index is 0.518. The standard InChI is InChI=1S/C10H15N3/c1-7-6-9(7)12-8-2-4-13-5-3-11-10(8)13/h3,5,7-9,12H,2,4,6H2,1H3. The summed E-state index contributed by atoms with van der Waals surface area (Å²) < 4.78 is 2.25. The third-order valence-corrected chi connectivity index (χ3v) is 3.24. The Morgan fingerprint density at radius 3 is 3.23 bits per heavy atom. The van der Waals surface area contributed by atoms with Crippen LogP contribution in [0, 0.1) is 5.92 Å². The van der Waals surface area contributed by atoms with Gasteiger partial charge < -0.3 is 9.88 Å². The number of fused-ring (bicyclic) bond motifs is 1. The van der Waals surface area contributed by atoms with Crippen LogP contribution in [0.2, 0.25) is 0 Å². The molecule has 1 saturated carbocycles. The van der Waals surface area contributed by atoms with E-state index in [4.69, 9.17) is 0 Å². The van der Waals surface area contributed by atoms with Crippen molar-refractivity contribution >= 4 is 0 Å². The second-order valence-electron chi connectivity index (χ2n) is 4.31. The maximum absolute atomic E-state index is 4.38. The minimum atomic E-state index is 0.518. The highest BCUT2D eigenvalue weighted by molar-refractivity contribution is 5.06. The Labute approximate surface area is 78.2 Å². The van der Waals surface area contributed by atoms with E-state index < -0.39 is 0 Å². The molecule has 13 heavy (non-hydrogen) atoms. The number of nitrogens with zero attached hydrogens (tertiary/aromatic N) is 2. The average Bonchev–Trinajstić information content (AvgIpc) is 2.56. The topological polar surface area (TPSA) is 29.9 Å². The van der Waals surface area contributed by atoms with Gasteiger partial charge in [-0.1, -0.05) is 6.92 Å². The Morgan fingerprint density at radius 2 is 2.46 bits per heavy atom. The molecule has 0 saturated heterocycles. The molecule has 1 N–H and O–H groups in total. The molecule has 0 amide bonds. The number of hydrogen-bond donors (Lipinski definition) is 1. The van der Waals surface area contributed by atoms with Gasteiger partial charge >= 0.3 is 0 Å². The molecule has 0 radical (unpaired) electrons. The largest absolute Gasteiger partial charge is 0.334 e. The number of rotatable bonds is 2. The Bertz CT molecular complexity index is 318. The Kier molecular flexibility index (Phi) is 1.50. The van der Waals surface area contributed by atoms with Crippen molar-refractivity contribution in [3.8, 4) is 0 Å². The third-order valence-electron chi connectivity index (χ3n) is 3.24. The zero-order valence-corrected chi connectivity index (χ0v) is 7.90. The van der Waals surface area contributed by atoms with Gasteiger partial charge in [0.1, 0.15) is 5.82 Å². The van der Waals surface area contributed by atoms with Crippen LogP contribution in [-0.4, -0.2) is 15.6 Å². The molecule has 3 nitrogen and oxygen atoms in total. The van der Waals surface area contributed by atoms with Gasteiger partial charge in [0.15, 0.2) is 0 Å². The number of imidazole rings is 1. The third kappa shape index (κ3) is 1.18. The van der Waals surface area contributed by atoms with Gasteiger partial charge in [0, 0.05) is 25.0 Å². The van der Waals surface area contributed by atoms with Gasteiger partial charge in [-0.25, -0.2) is 4.98 Å². The van der Waals surface area contributed by atoms with Gasteiger partial charge in [-0.2, -0.15) is 0 Å². The lowest BCUT2D eigenvalue weighted by molar-refractivity contribution is 0.504. The molecule has 70 valence electrons. The van der Waals surface area contributed by atoms with Crippen LogP contribution in [0.1, 0.15) is 31.6 Å². The van der Waals surface area contributed by atoms with Crippen LogP contribution in [0.4, 0.5) is 0 Å². The molecule has 1 aromatic heterocycles. The molecule has 3 unspecified atom stereocenters. The van der Waals surface area contributed by atoms with E-state index in [1.807, 2.05) is 6.20 Å². The van der Waals surface area contributed by atoms with Crippen molar-refractivity contribution < 1.29 is 0 Å². The highest BCUT2D eigenvalue weighted by Gasteiger charge is 2.36. The molecule has 3 heteroatoms. The van der Waals surface area contributed by atoms with Crippen molar-refractivity contribution in [2.75, 3.05) is 0 Å². The summed E-state index contributed by atoms with van der Waals surface area (Å²) in [7, 11) is 0. The molecular weight excluding hydrogens is 162 g/mol. The summed E-state index contributed by atoms with van der Waals surface area (Å²) >= 11 is 0.